The molecule has 0 bridgehead atoms. The van der Waals surface area contributed by atoms with Crippen LogP contribution in [-0.4, -0.2) is 15.0 Å². The smallest absolute Gasteiger partial charge is 0.164 e. The Bertz CT molecular complexity index is 2700. The first-order chi connectivity index (χ1) is 25.3. The molecule has 51 heavy (non-hydrogen) atoms. The van der Waals surface area contributed by atoms with E-state index < -0.39 is 0 Å². The fourth-order valence-corrected chi connectivity index (χ4v) is 7.27. The number of nitrogens with zero attached hydrogens (tertiary/aromatic N) is 3. The number of aromatic nitrogens is 3. The first-order valence-electron chi connectivity index (χ1n) is 17.1. The van der Waals surface area contributed by atoms with E-state index >= 15 is 0 Å². The van der Waals surface area contributed by atoms with E-state index in [1.165, 1.54) is 16.3 Å². The van der Waals surface area contributed by atoms with Gasteiger partial charge in [0.25, 0.3) is 0 Å². The number of rotatable bonds is 5. The molecule has 240 valence electrons. The summed E-state index contributed by atoms with van der Waals surface area (Å²) in [4.78, 5) is 14.9. The number of para-hydroxylation sites is 1. The van der Waals surface area contributed by atoms with Crippen LogP contribution in [0.3, 0.4) is 0 Å². The summed E-state index contributed by atoms with van der Waals surface area (Å²) < 4.78 is 6.65. The highest BCUT2D eigenvalue weighted by atomic mass is 16.3. The summed E-state index contributed by atoms with van der Waals surface area (Å²) in [5, 5.41) is 7.35. The van der Waals surface area contributed by atoms with E-state index in [0.29, 0.717) is 17.5 Å². The molecule has 0 saturated heterocycles. The number of hydrogen-bond acceptors (Lipinski definition) is 5. The van der Waals surface area contributed by atoms with Gasteiger partial charge in [-0.3, -0.25) is 0 Å². The number of benzene rings is 7. The topological polar surface area (TPSA) is 63.8 Å². The van der Waals surface area contributed by atoms with Crippen LogP contribution < -0.4 is 5.32 Å². The van der Waals surface area contributed by atoms with Crippen molar-refractivity contribution < 1.29 is 4.42 Å². The molecule has 5 heteroatoms. The second kappa shape index (κ2) is 11.9. The number of fused-ring (bicyclic) bond motifs is 7. The molecule has 1 aliphatic rings. The third-order valence-corrected chi connectivity index (χ3v) is 9.80. The average Bonchev–Trinajstić information content (AvgIpc) is 3.61. The first kappa shape index (κ1) is 29.1. The second-order valence-corrected chi connectivity index (χ2v) is 12.9. The van der Waals surface area contributed by atoms with Crippen LogP contribution in [0.2, 0.25) is 0 Å². The summed E-state index contributed by atoms with van der Waals surface area (Å²) in [6, 6.07) is 58.5. The highest BCUT2D eigenvalue weighted by Crippen LogP contribution is 2.50. The van der Waals surface area contributed by atoms with Gasteiger partial charge < -0.3 is 9.73 Å². The van der Waals surface area contributed by atoms with E-state index in [0.717, 1.165) is 61.4 Å². The van der Waals surface area contributed by atoms with Crippen molar-refractivity contribution in [3.63, 3.8) is 0 Å². The van der Waals surface area contributed by atoms with Crippen LogP contribution >= 0.6 is 0 Å². The predicted octanol–water partition coefficient (Wildman–Crippen LogP) is 11.6. The van der Waals surface area contributed by atoms with Crippen LogP contribution in [0.25, 0.3) is 78.4 Å². The van der Waals surface area contributed by atoms with Gasteiger partial charge in [0.2, 0.25) is 0 Å². The Morgan fingerprint density at radius 2 is 0.941 bits per heavy atom. The Balaban J connectivity index is 1.06. The number of anilines is 1. The molecule has 10 rings (SSSR count). The summed E-state index contributed by atoms with van der Waals surface area (Å²) in [7, 11) is 0. The van der Waals surface area contributed by atoms with Gasteiger partial charge in [-0.15, -0.1) is 0 Å². The normalized spacial score (nSPS) is 13.5. The lowest BCUT2D eigenvalue weighted by Crippen LogP contribution is -2.17. The van der Waals surface area contributed by atoms with Crippen LogP contribution in [-0.2, 0) is 0 Å². The molecule has 0 spiro atoms. The summed E-state index contributed by atoms with van der Waals surface area (Å²) in [6.07, 6.45) is 0. The number of hydrogen-bond donors (Lipinski definition) is 1. The molecule has 9 aromatic rings. The van der Waals surface area contributed by atoms with Crippen LogP contribution in [0.1, 0.15) is 17.2 Å². The van der Waals surface area contributed by atoms with Gasteiger partial charge in [0.15, 0.2) is 17.5 Å². The molecule has 0 saturated carbocycles. The third-order valence-electron chi connectivity index (χ3n) is 9.80. The molecule has 3 heterocycles. The van der Waals surface area contributed by atoms with Gasteiger partial charge >= 0.3 is 0 Å². The highest BCUT2D eigenvalue weighted by molar-refractivity contribution is 6.06. The van der Waals surface area contributed by atoms with Gasteiger partial charge in [-0.25, -0.2) is 15.0 Å². The van der Waals surface area contributed by atoms with E-state index in [1.807, 2.05) is 42.5 Å². The highest BCUT2D eigenvalue weighted by Gasteiger charge is 2.32. The Hall–Kier alpha value is -6.85. The van der Waals surface area contributed by atoms with Gasteiger partial charge in [0.1, 0.15) is 11.3 Å². The summed E-state index contributed by atoms with van der Waals surface area (Å²) in [6.45, 7) is 0. The molecule has 2 aromatic heterocycles. The van der Waals surface area contributed by atoms with E-state index in [-0.39, 0.29) is 6.04 Å². The van der Waals surface area contributed by atoms with Crippen molar-refractivity contribution in [1.29, 1.82) is 0 Å². The van der Waals surface area contributed by atoms with Crippen molar-refractivity contribution in [3.8, 4) is 56.6 Å². The summed E-state index contributed by atoms with van der Waals surface area (Å²) in [5.74, 6) is 2.82. The second-order valence-electron chi connectivity index (χ2n) is 12.9. The van der Waals surface area contributed by atoms with Crippen molar-refractivity contribution in [2.45, 2.75) is 6.04 Å². The molecule has 1 unspecified atom stereocenters. The van der Waals surface area contributed by atoms with Crippen molar-refractivity contribution in [3.05, 3.63) is 181 Å². The van der Waals surface area contributed by atoms with Crippen LogP contribution in [0, 0.1) is 0 Å². The van der Waals surface area contributed by atoms with Gasteiger partial charge in [0.05, 0.1) is 6.04 Å². The van der Waals surface area contributed by atoms with Crippen molar-refractivity contribution in [1.82, 2.24) is 15.0 Å². The zero-order valence-electron chi connectivity index (χ0n) is 27.5. The molecule has 0 radical (unpaired) electrons. The number of nitrogens with one attached hydrogen (secondary N) is 1. The molecule has 1 aliphatic heterocycles. The summed E-state index contributed by atoms with van der Waals surface area (Å²) >= 11 is 0. The molecule has 0 amide bonds. The van der Waals surface area contributed by atoms with Crippen molar-refractivity contribution in [2.24, 2.45) is 0 Å². The minimum Gasteiger partial charge on any atom is -0.456 e. The van der Waals surface area contributed by atoms with Crippen LogP contribution in [0.4, 0.5) is 5.69 Å². The zero-order chi connectivity index (χ0) is 33.7. The van der Waals surface area contributed by atoms with Gasteiger partial charge in [-0.2, -0.15) is 0 Å². The van der Waals surface area contributed by atoms with E-state index in [9.17, 15) is 0 Å². The maximum absolute atomic E-state index is 6.65. The van der Waals surface area contributed by atoms with Gasteiger partial charge in [0, 0.05) is 38.9 Å². The summed E-state index contributed by atoms with van der Waals surface area (Å²) in [5.41, 5.74) is 10.4. The fourth-order valence-electron chi connectivity index (χ4n) is 7.27. The predicted molar refractivity (Wildman–Crippen MR) is 206 cm³/mol. The van der Waals surface area contributed by atoms with E-state index in [2.05, 4.69) is 133 Å². The lowest BCUT2D eigenvalue weighted by Gasteiger charge is -2.28. The van der Waals surface area contributed by atoms with Crippen molar-refractivity contribution in [2.75, 3.05) is 5.32 Å². The van der Waals surface area contributed by atoms with E-state index in [1.54, 1.807) is 0 Å². The van der Waals surface area contributed by atoms with E-state index in [4.69, 9.17) is 19.4 Å². The monoisotopic (exact) mass is 654 g/mol. The Morgan fingerprint density at radius 1 is 0.431 bits per heavy atom. The lowest BCUT2D eigenvalue weighted by molar-refractivity contribution is 0.623. The average molecular weight is 655 g/mol. The molecular weight excluding hydrogens is 625 g/mol. The molecule has 5 nitrogen and oxygen atoms in total. The van der Waals surface area contributed by atoms with Crippen molar-refractivity contribution >= 4 is 27.4 Å². The fraction of sp³-hybridized carbons (Fsp3) is 0.0217. The minimum atomic E-state index is -0.108. The van der Waals surface area contributed by atoms with Gasteiger partial charge in [-0.1, -0.05) is 158 Å². The maximum Gasteiger partial charge on any atom is 0.164 e. The zero-order valence-corrected chi connectivity index (χ0v) is 27.5. The van der Waals surface area contributed by atoms with Gasteiger partial charge in [-0.05, 0) is 39.6 Å². The molecule has 1 N–H and O–H groups in total. The lowest BCUT2D eigenvalue weighted by atomic mass is 9.87. The Kier molecular flexibility index (Phi) is 6.81. The number of furan rings is 1. The van der Waals surface area contributed by atoms with Crippen LogP contribution in [0.5, 0.6) is 0 Å². The Labute approximate surface area is 294 Å². The third kappa shape index (κ3) is 5.06. The largest absolute Gasteiger partial charge is 0.456 e. The quantitative estimate of drug-likeness (QED) is 0.200. The SMILES string of the molecule is c1ccc(-c2ccc(-c3nc(-c4ccccc4)nc(-c4ccc(C5Nc6ccc7ccccc7c6-c6oc7ccccc7c65)cc4)n3)cc2)cc1. The molecule has 0 fully saturated rings. The Morgan fingerprint density at radius 3 is 1.63 bits per heavy atom. The van der Waals surface area contributed by atoms with Crippen LogP contribution in [0.15, 0.2) is 174 Å². The first-order valence-corrected chi connectivity index (χ1v) is 17.1. The molecule has 7 aromatic carbocycles. The maximum atomic E-state index is 6.65. The minimum absolute atomic E-state index is 0.108. The standard InChI is InChI=1S/C46H30N4O/c1-3-11-29(12-4-1)30-19-23-34(24-20-30)45-48-44(33-14-5-2-6-15-33)49-46(50-45)35-25-21-32(22-26-35)42-41-37-17-9-10-18-39(37)51-43(41)40-36-16-8-7-13-31(36)27-28-38(40)47-42/h1-28,42,47H. The molecular formula is C46H30N4O. The molecule has 0 aliphatic carbocycles. The molecule has 1 atom stereocenters.